The minimum absolute atomic E-state index is 0.480. The maximum absolute atomic E-state index is 5.44. The fourth-order valence-electron chi connectivity index (χ4n) is 0.889. The molecule has 2 aromatic heterocycles. The fraction of sp³-hybridized carbons (Fsp3) is 0.167. The van der Waals surface area contributed by atoms with Crippen LogP contribution in [-0.2, 0) is 7.05 Å². The summed E-state index contributed by atoms with van der Waals surface area (Å²) in [5.74, 6) is 0.644. The third kappa shape index (κ3) is 1.16. The zero-order valence-corrected chi connectivity index (χ0v) is 7.25. The summed E-state index contributed by atoms with van der Waals surface area (Å²) in [6, 6.07) is 0. The van der Waals surface area contributed by atoms with Crippen molar-refractivity contribution in [3.8, 4) is 11.4 Å². The average Bonchev–Trinajstić information content (AvgIpc) is 2.58. The lowest BCUT2D eigenvalue weighted by atomic mass is 10.3. The number of nitrogen functional groups attached to an aromatic ring is 1. The van der Waals surface area contributed by atoms with Crippen molar-refractivity contribution in [2.24, 2.45) is 7.05 Å². The average molecular weight is 181 g/mol. The van der Waals surface area contributed by atoms with Gasteiger partial charge in [0.25, 0.3) is 0 Å². The van der Waals surface area contributed by atoms with E-state index in [9.17, 15) is 0 Å². The SMILES string of the molecule is Cn1cc(-c2nsc(N)n2)cn1. The molecule has 0 spiro atoms. The number of rotatable bonds is 1. The van der Waals surface area contributed by atoms with Crippen LogP contribution in [-0.4, -0.2) is 19.1 Å². The lowest BCUT2D eigenvalue weighted by Crippen LogP contribution is -1.84. The minimum Gasteiger partial charge on any atom is -0.374 e. The molecule has 0 aliphatic rings. The molecule has 0 aromatic carbocycles. The second-order valence-corrected chi connectivity index (χ2v) is 3.14. The van der Waals surface area contributed by atoms with Crippen LogP contribution >= 0.6 is 11.5 Å². The zero-order valence-electron chi connectivity index (χ0n) is 6.43. The summed E-state index contributed by atoms with van der Waals surface area (Å²) in [6.45, 7) is 0. The van der Waals surface area contributed by atoms with Gasteiger partial charge in [-0.25, -0.2) is 0 Å². The Kier molecular flexibility index (Phi) is 1.54. The van der Waals surface area contributed by atoms with Crippen LogP contribution in [0.2, 0.25) is 0 Å². The van der Waals surface area contributed by atoms with Crippen LogP contribution in [0.15, 0.2) is 12.4 Å². The molecule has 0 atom stereocenters. The van der Waals surface area contributed by atoms with Crippen LogP contribution in [0.5, 0.6) is 0 Å². The predicted octanol–water partition coefficient (Wildman–Crippen LogP) is 0.521. The van der Waals surface area contributed by atoms with Crippen LogP contribution in [0.3, 0.4) is 0 Å². The van der Waals surface area contributed by atoms with E-state index in [0.29, 0.717) is 11.0 Å². The number of hydrogen-bond acceptors (Lipinski definition) is 5. The van der Waals surface area contributed by atoms with E-state index in [2.05, 4.69) is 14.5 Å². The molecule has 62 valence electrons. The van der Waals surface area contributed by atoms with Crippen molar-refractivity contribution in [3.05, 3.63) is 12.4 Å². The standard InChI is InChI=1S/C6H7N5S/c1-11-3-4(2-8-11)5-9-6(7)12-10-5/h2-3H,1H3,(H2,7,9,10). The van der Waals surface area contributed by atoms with E-state index in [1.165, 1.54) is 11.5 Å². The number of nitrogens with two attached hydrogens (primary N) is 1. The minimum atomic E-state index is 0.480. The normalized spacial score (nSPS) is 10.4. The van der Waals surface area contributed by atoms with Gasteiger partial charge in [0, 0.05) is 24.8 Å². The lowest BCUT2D eigenvalue weighted by molar-refractivity contribution is 0.768. The molecule has 0 saturated carbocycles. The smallest absolute Gasteiger partial charge is 0.200 e. The lowest BCUT2D eigenvalue weighted by Gasteiger charge is -1.83. The van der Waals surface area contributed by atoms with Gasteiger partial charge in [0.2, 0.25) is 0 Å². The quantitative estimate of drug-likeness (QED) is 0.696. The van der Waals surface area contributed by atoms with Crippen molar-refractivity contribution in [3.63, 3.8) is 0 Å². The van der Waals surface area contributed by atoms with E-state index in [1.807, 2.05) is 13.2 Å². The maximum atomic E-state index is 5.44. The van der Waals surface area contributed by atoms with Crippen LogP contribution in [0, 0.1) is 0 Å². The molecule has 2 heterocycles. The summed E-state index contributed by atoms with van der Waals surface area (Å²) < 4.78 is 5.75. The van der Waals surface area contributed by atoms with Gasteiger partial charge in [-0.15, -0.1) is 0 Å². The largest absolute Gasteiger partial charge is 0.374 e. The summed E-state index contributed by atoms with van der Waals surface area (Å²) in [6.07, 6.45) is 3.56. The summed E-state index contributed by atoms with van der Waals surface area (Å²) in [7, 11) is 1.85. The molecular formula is C6H7N5S. The molecule has 0 unspecified atom stereocenters. The number of aromatic nitrogens is 4. The molecule has 0 aliphatic carbocycles. The van der Waals surface area contributed by atoms with Crippen molar-refractivity contribution in [1.82, 2.24) is 19.1 Å². The first-order valence-corrected chi connectivity index (χ1v) is 4.11. The molecule has 2 aromatic rings. The summed E-state index contributed by atoms with van der Waals surface area (Å²) >= 11 is 1.19. The Bertz CT molecular complexity index is 352. The Balaban J connectivity index is 2.43. The highest BCUT2D eigenvalue weighted by Gasteiger charge is 2.05. The number of anilines is 1. The molecule has 2 rings (SSSR count). The van der Waals surface area contributed by atoms with E-state index in [1.54, 1.807) is 10.9 Å². The van der Waals surface area contributed by atoms with E-state index >= 15 is 0 Å². The van der Waals surface area contributed by atoms with Gasteiger partial charge >= 0.3 is 0 Å². The highest BCUT2D eigenvalue weighted by Crippen LogP contribution is 2.17. The van der Waals surface area contributed by atoms with Gasteiger partial charge in [-0.2, -0.15) is 14.5 Å². The molecule has 0 saturated heterocycles. The van der Waals surface area contributed by atoms with Gasteiger partial charge in [-0.3, -0.25) is 4.68 Å². The van der Waals surface area contributed by atoms with E-state index in [-0.39, 0.29) is 0 Å². The number of nitrogens with zero attached hydrogens (tertiary/aromatic N) is 4. The molecule has 12 heavy (non-hydrogen) atoms. The maximum Gasteiger partial charge on any atom is 0.200 e. The van der Waals surface area contributed by atoms with Crippen molar-refractivity contribution in [2.45, 2.75) is 0 Å². The monoisotopic (exact) mass is 181 g/mol. The molecular weight excluding hydrogens is 174 g/mol. The second-order valence-electron chi connectivity index (χ2n) is 2.36. The Morgan fingerprint density at radius 3 is 2.92 bits per heavy atom. The van der Waals surface area contributed by atoms with Crippen molar-refractivity contribution >= 4 is 16.7 Å². The van der Waals surface area contributed by atoms with Gasteiger partial charge in [-0.1, -0.05) is 0 Å². The van der Waals surface area contributed by atoms with Gasteiger partial charge in [0.1, 0.15) is 0 Å². The first kappa shape index (κ1) is 7.23. The Morgan fingerprint density at radius 2 is 2.42 bits per heavy atom. The van der Waals surface area contributed by atoms with Gasteiger partial charge in [-0.05, 0) is 0 Å². The van der Waals surface area contributed by atoms with Crippen molar-refractivity contribution in [1.29, 1.82) is 0 Å². The van der Waals surface area contributed by atoms with Crippen molar-refractivity contribution in [2.75, 3.05) is 5.73 Å². The molecule has 2 N–H and O–H groups in total. The van der Waals surface area contributed by atoms with Crippen LogP contribution in [0.4, 0.5) is 5.13 Å². The summed E-state index contributed by atoms with van der Waals surface area (Å²) in [5.41, 5.74) is 6.33. The number of hydrogen-bond donors (Lipinski definition) is 1. The van der Waals surface area contributed by atoms with E-state index in [4.69, 9.17) is 5.73 Å². The Hall–Kier alpha value is -1.43. The van der Waals surface area contributed by atoms with Crippen molar-refractivity contribution < 1.29 is 0 Å². The predicted molar refractivity (Wildman–Crippen MR) is 46.5 cm³/mol. The molecule has 0 fully saturated rings. The molecule has 0 bridgehead atoms. The third-order valence-corrected chi connectivity index (χ3v) is 1.95. The van der Waals surface area contributed by atoms with E-state index in [0.717, 1.165) is 5.56 Å². The first-order chi connectivity index (χ1) is 5.75. The Morgan fingerprint density at radius 1 is 1.58 bits per heavy atom. The highest BCUT2D eigenvalue weighted by molar-refractivity contribution is 7.09. The number of aryl methyl sites for hydroxylation is 1. The highest BCUT2D eigenvalue weighted by atomic mass is 32.1. The molecule has 6 heteroatoms. The molecule has 0 radical (unpaired) electrons. The van der Waals surface area contributed by atoms with E-state index < -0.39 is 0 Å². The second kappa shape index (κ2) is 2.56. The Labute approximate surface area is 73.0 Å². The fourth-order valence-corrected chi connectivity index (χ4v) is 1.34. The third-order valence-electron chi connectivity index (χ3n) is 1.40. The van der Waals surface area contributed by atoms with Crippen LogP contribution < -0.4 is 5.73 Å². The first-order valence-electron chi connectivity index (χ1n) is 3.34. The molecule has 0 aliphatic heterocycles. The summed E-state index contributed by atoms with van der Waals surface area (Å²) in [5, 5.41) is 4.48. The molecule has 5 nitrogen and oxygen atoms in total. The van der Waals surface area contributed by atoms with Crippen LogP contribution in [0.25, 0.3) is 11.4 Å². The van der Waals surface area contributed by atoms with Crippen LogP contribution in [0.1, 0.15) is 0 Å². The summed E-state index contributed by atoms with van der Waals surface area (Å²) in [4.78, 5) is 4.03. The van der Waals surface area contributed by atoms with Gasteiger partial charge in [0.05, 0.1) is 11.8 Å². The topological polar surface area (TPSA) is 69.6 Å². The zero-order chi connectivity index (χ0) is 8.55. The molecule has 0 amide bonds. The van der Waals surface area contributed by atoms with Gasteiger partial charge in [0.15, 0.2) is 11.0 Å². The van der Waals surface area contributed by atoms with Gasteiger partial charge < -0.3 is 5.73 Å².